The summed E-state index contributed by atoms with van der Waals surface area (Å²) in [6.45, 7) is 0.742. The van der Waals surface area contributed by atoms with Gasteiger partial charge in [-0.2, -0.15) is 4.31 Å². The third-order valence-corrected chi connectivity index (χ3v) is 6.93. The van der Waals surface area contributed by atoms with Crippen LogP contribution in [0.15, 0.2) is 72.1 Å². The number of aryl methyl sites for hydroxylation is 1. The van der Waals surface area contributed by atoms with Crippen LogP contribution in [0.5, 0.6) is 0 Å². The molecule has 2 aromatic carbocycles. The maximum Gasteiger partial charge on any atom is 0.262 e. The highest BCUT2D eigenvalue weighted by molar-refractivity contribution is 7.89. The molecule has 3 aromatic rings. The number of nitrogens with one attached hydrogen (secondary N) is 1. The molecule has 1 N–H and O–H groups in total. The molecular formula is C20H21ClN4O2S. The molecule has 0 amide bonds. The molecule has 2 heterocycles. The van der Waals surface area contributed by atoms with Gasteiger partial charge in [-0.25, -0.2) is 13.4 Å². The molecule has 0 radical (unpaired) electrons. The van der Waals surface area contributed by atoms with Crippen molar-refractivity contribution in [3.8, 4) is 0 Å². The van der Waals surface area contributed by atoms with Crippen molar-refractivity contribution < 1.29 is 8.42 Å². The van der Waals surface area contributed by atoms with Gasteiger partial charge in [-0.15, -0.1) is 0 Å². The summed E-state index contributed by atoms with van der Waals surface area (Å²) in [7, 11) is -1.90. The van der Waals surface area contributed by atoms with Crippen LogP contribution in [-0.2, 0) is 17.1 Å². The van der Waals surface area contributed by atoms with E-state index in [1.54, 1.807) is 11.6 Å². The largest absolute Gasteiger partial charge is 0.380 e. The molecule has 6 nitrogen and oxygen atoms in total. The summed E-state index contributed by atoms with van der Waals surface area (Å²) in [6, 6.07) is 17.4. The van der Waals surface area contributed by atoms with Crippen molar-refractivity contribution in [3.05, 3.63) is 77.7 Å². The van der Waals surface area contributed by atoms with Crippen molar-refractivity contribution >= 4 is 27.3 Å². The van der Waals surface area contributed by atoms with Gasteiger partial charge in [0.15, 0.2) is 5.03 Å². The minimum absolute atomic E-state index is 0.0127. The van der Waals surface area contributed by atoms with Crippen molar-refractivity contribution in [3.63, 3.8) is 0 Å². The summed E-state index contributed by atoms with van der Waals surface area (Å²) >= 11 is 6.11. The molecule has 4 rings (SSSR count). The Kier molecular flexibility index (Phi) is 5.14. The third kappa shape index (κ3) is 3.78. The molecule has 2 atom stereocenters. The molecule has 1 aromatic heterocycles. The van der Waals surface area contributed by atoms with E-state index < -0.39 is 10.0 Å². The number of hydrogen-bond donors (Lipinski definition) is 1. The van der Waals surface area contributed by atoms with Gasteiger partial charge in [0.1, 0.15) is 0 Å². The quantitative estimate of drug-likeness (QED) is 0.692. The lowest BCUT2D eigenvalue weighted by Gasteiger charge is -2.21. The maximum atomic E-state index is 13.1. The molecule has 0 unspecified atom stereocenters. The number of imidazole rings is 1. The van der Waals surface area contributed by atoms with Crippen molar-refractivity contribution in [1.82, 2.24) is 13.9 Å². The Bertz CT molecular complexity index is 1070. The first-order chi connectivity index (χ1) is 13.4. The van der Waals surface area contributed by atoms with Gasteiger partial charge in [0.2, 0.25) is 0 Å². The van der Waals surface area contributed by atoms with Crippen molar-refractivity contribution in [2.75, 3.05) is 18.4 Å². The number of halogens is 1. The molecule has 8 heteroatoms. The van der Waals surface area contributed by atoms with Crippen LogP contribution in [0.4, 0.5) is 5.69 Å². The van der Waals surface area contributed by atoms with Gasteiger partial charge in [-0.05, 0) is 23.8 Å². The number of sulfonamides is 1. The zero-order chi connectivity index (χ0) is 19.7. The minimum atomic E-state index is -3.66. The van der Waals surface area contributed by atoms with E-state index in [2.05, 4.69) is 10.3 Å². The summed E-state index contributed by atoms with van der Waals surface area (Å²) in [4.78, 5) is 4.05. The Balaban J connectivity index is 1.65. The van der Waals surface area contributed by atoms with Crippen LogP contribution < -0.4 is 5.32 Å². The van der Waals surface area contributed by atoms with Crippen LogP contribution in [0.3, 0.4) is 0 Å². The normalized spacial score (nSPS) is 20.4. The fraction of sp³-hybridized carbons (Fsp3) is 0.250. The number of aromatic nitrogens is 2. The molecule has 0 spiro atoms. The lowest BCUT2D eigenvalue weighted by Crippen LogP contribution is -2.32. The molecule has 1 fully saturated rings. The Hall–Kier alpha value is -2.35. The van der Waals surface area contributed by atoms with E-state index in [1.165, 1.54) is 16.8 Å². The van der Waals surface area contributed by atoms with Gasteiger partial charge < -0.3 is 9.88 Å². The highest BCUT2D eigenvalue weighted by atomic mass is 35.5. The summed E-state index contributed by atoms with van der Waals surface area (Å²) < 4.78 is 29.3. The van der Waals surface area contributed by atoms with E-state index in [4.69, 9.17) is 11.6 Å². The molecule has 1 aliphatic rings. The fourth-order valence-corrected chi connectivity index (χ4v) is 5.24. The molecule has 1 aliphatic heterocycles. The smallest absolute Gasteiger partial charge is 0.262 e. The predicted molar refractivity (Wildman–Crippen MR) is 110 cm³/mol. The molecule has 28 heavy (non-hydrogen) atoms. The molecular weight excluding hydrogens is 396 g/mol. The lowest BCUT2D eigenvalue weighted by atomic mass is 9.94. The Morgan fingerprint density at radius 1 is 1.11 bits per heavy atom. The first kappa shape index (κ1) is 19.0. The van der Waals surface area contributed by atoms with E-state index in [0.717, 1.165) is 11.3 Å². The second kappa shape index (κ2) is 7.58. The monoisotopic (exact) mass is 416 g/mol. The molecule has 0 saturated carbocycles. The molecule has 0 aliphatic carbocycles. The standard InChI is InChI=1S/C20H21ClN4O2S/c1-24-13-20(22-14-24)28(26,27)25-11-18(15-6-3-2-4-7-15)19(12-25)23-17-9-5-8-16(21)10-17/h2-10,13-14,18-19,23H,11-12H2,1H3/t18-,19+/m0/s1. The fourth-order valence-electron chi connectivity index (χ4n) is 3.59. The first-order valence-electron chi connectivity index (χ1n) is 8.98. The average Bonchev–Trinajstić information content (AvgIpc) is 3.30. The predicted octanol–water partition coefficient (Wildman–Crippen LogP) is 3.34. The Morgan fingerprint density at radius 3 is 2.57 bits per heavy atom. The van der Waals surface area contributed by atoms with Crippen LogP contribution >= 0.6 is 11.6 Å². The summed E-state index contributed by atoms with van der Waals surface area (Å²) in [5.41, 5.74) is 1.97. The zero-order valence-corrected chi connectivity index (χ0v) is 16.9. The summed E-state index contributed by atoms with van der Waals surface area (Å²) in [5.74, 6) is 0.0127. The number of anilines is 1. The van der Waals surface area contributed by atoms with E-state index in [1.807, 2.05) is 54.6 Å². The topological polar surface area (TPSA) is 67.2 Å². The van der Waals surface area contributed by atoms with Crippen LogP contribution in [0.2, 0.25) is 5.02 Å². The van der Waals surface area contributed by atoms with E-state index in [0.29, 0.717) is 18.1 Å². The Morgan fingerprint density at radius 2 is 1.89 bits per heavy atom. The van der Waals surface area contributed by atoms with Gasteiger partial charge in [0, 0.05) is 49.0 Å². The van der Waals surface area contributed by atoms with Crippen molar-refractivity contribution in [1.29, 1.82) is 0 Å². The summed E-state index contributed by atoms with van der Waals surface area (Å²) in [5, 5.41) is 4.18. The average molecular weight is 417 g/mol. The van der Waals surface area contributed by atoms with E-state index >= 15 is 0 Å². The van der Waals surface area contributed by atoms with Crippen LogP contribution in [0.1, 0.15) is 11.5 Å². The van der Waals surface area contributed by atoms with Crippen LogP contribution in [0, 0.1) is 0 Å². The lowest BCUT2D eigenvalue weighted by molar-refractivity contribution is 0.468. The second-order valence-electron chi connectivity index (χ2n) is 6.98. The number of benzene rings is 2. The maximum absolute atomic E-state index is 13.1. The number of rotatable bonds is 5. The van der Waals surface area contributed by atoms with E-state index in [9.17, 15) is 8.42 Å². The minimum Gasteiger partial charge on any atom is -0.380 e. The summed E-state index contributed by atoms with van der Waals surface area (Å²) in [6.07, 6.45) is 3.03. The van der Waals surface area contributed by atoms with Gasteiger partial charge in [-0.3, -0.25) is 0 Å². The number of hydrogen-bond acceptors (Lipinski definition) is 4. The number of nitrogens with zero attached hydrogens (tertiary/aromatic N) is 3. The van der Waals surface area contributed by atoms with Gasteiger partial charge >= 0.3 is 0 Å². The van der Waals surface area contributed by atoms with E-state index in [-0.39, 0.29) is 17.0 Å². The highest BCUT2D eigenvalue weighted by Crippen LogP contribution is 2.33. The van der Waals surface area contributed by atoms with Gasteiger partial charge in [0.25, 0.3) is 10.0 Å². The Labute approximate surface area is 169 Å². The third-order valence-electron chi connectivity index (χ3n) is 4.98. The first-order valence-corrected chi connectivity index (χ1v) is 10.8. The highest BCUT2D eigenvalue weighted by Gasteiger charge is 2.40. The zero-order valence-electron chi connectivity index (χ0n) is 15.4. The molecule has 0 bridgehead atoms. The van der Waals surface area contributed by atoms with Crippen molar-refractivity contribution in [2.45, 2.75) is 17.0 Å². The van der Waals surface area contributed by atoms with Crippen LogP contribution in [0.25, 0.3) is 0 Å². The molecule has 146 valence electrons. The van der Waals surface area contributed by atoms with Crippen molar-refractivity contribution in [2.24, 2.45) is 7.05 Å². The van der Waals surface area contributed by atoms with Crippen LogP contribution in [-0.4, -0.2) is 41.4 Å². The van der Waals surface area contributed by atoms with Gasteiger partial charge in [-0.1, -0.05) is 48.0 Å². The molecule has 1 saturated heterocycles. The van der Waals surface area contributed by atoms with Gasteiger partial charge in [0.05, 0.1) is 6.33 Å². The SMILES string of the molecule is Cn1cnc(S(=O)(=O)N2C[C@@H](Nc3cccc(Cl)c3)[C@H](c3ccccc3)C2)c1. The second-order valence-corrected chi connectivity index (χ2v) is 9.30.